The Morgan fingerprint density at radius 2 is 2.20 bits per heavy atom. The first kappa shape index (κ1) is 10.0. The van der Waals surface area contributed by atoms with E-state index in [-0.39, 0.29) is 5.97 Å². The van der Waals surface area contributed by atoms with Gasteiger partial charge in [0.1, 0.15) is 0 Å². The van der Waals surface area contributed by atoms with E-state index in [4.69, 9.17) is 10.5 Å². The number of methoxy groups -OCH3 is 1. The van der Waals surface area contributed by atoms with Gasteiger partial charge in [-0.15, -0.1) is 0 Å². The largest absolute Gasteiger partial charge is 0.468 e. The van der Waals surface area contributed by atoms with Gasteiger partial charge in [-0.2, -0.15) is 0 Å². The van der Waals surface area contributed by atoms with E-state index in [1.165, 1.54) is 7.11 Å². The van der Waals surface area contributed by atoms with Crippen LogP contribution in [0, 0.1) is 0 Å². The quantitative estimate of drug-likeness (QED) is 0.592. The van der Waals surface area contributed by atoms with Gasteiger partial charge in [-0.05, 0) is 30.5 Å². The maximum atomic E-state index is 11.8. The summed E-state index contributed by atoms with van der Waals surface area (Å²) in [6.45, 7) is 0. The molecule has 1 aliphatic rings. The molecule has 0 bridgehead atoms. The Morgan fingerprint density at radius 1 is 1.47 bits per heavy atom. The van der Waals surface area contributed by atoms with Crippen molar-refractivity contribution in [1.29, 1.82) is 0 Å². The fraction of sp³-hybridized carbons (Fsp3) is 0.417. The molecule has 1 aromatic rings. The molecular weight excluding hydrogens is 190 g/mol. The van der Waals surface area contributed by atoms with Gasteiger partial charge in [-0.3, -0.25) is 4.79 Å². The van der Waals surface area contributed by atoms with E-state index < -0.39 is 5.41 Å². The van der Waals surface area contributed by atoms with Crippen LogP contribution >= 0.6 is 0 Å². The first-order chi connectivity index (χ1) is 7.19. The van der Waals surface area contributed by atoms with E-state index >= 15 is 0 Å². The number of esters is 1. The maximum Gasteiger partial charge on any atom is 0.316 e. The molecule has 0 radical (unpaired) electrons. The lowest BCUT2D eigenvalue weighted by Crippen LogP contribution is -2.43. The molecule has 2 rings (SSSR count). The number of ether oxygens (including phenoxy) is 1. The number of rotatable bonds is 2. The van der Waals surface area contributed by atoms with E-state index in [1.54, 1.807) is 0 Å². The molecule has 0 aromatic heterocycles. The number of nitrogens with two attached hydrogens (primary N) is 1. The highest BCUT2D eigenvalue weighted by Gasteiger charge is 2.46. The first-order valence-corrected chi connectivity index (χ1v) is 5.13. The van der Waals surface area contributed by atoms with Crippen LogP contribution in [0.15, 0.2) is 24.3 Å². The van der Waals surface area contributed by atoms with Gasteiger partial charge in [0.05, 0.1) is 12.5 Å². The third kappa shape index (κ3) is 1.48. The first-order valence-electron chi connectivity index (χ1n) is 5.13. The van der Waals surface area contributed by atoms with E-state index in [0.29, 0.717) is 5.69 Å². The standard InChI is InChI=1S/C12H15NO2/c1-15-11(14)12(6-3-7-12)9-4-2-5-10(13)8-9/h2,4-5,8H,3,6-7,13H2,1H3. The second kappa shape index (κ2) is 3.57. The van der Waals surface area contributed by atoms with Crippen LogP contribution in [0.4, 0.5) is 5.69 Å². The molecule has 0 spiro atoms. The van der Waals surface area contributed by atoms with Crippen LogP contribution in [0.3, 0.4) is 0 Å². The fourth-order valence-corrected chi connectivity index (χ4v) is 2.17. The molecular formula is C12H15NO2. The molecule has 0 atom stereocenters. The monoisotopic (exact) mass is 205 g/mol. The van der Waals surface area contributed by atoms with Gasteiger partial charge in [0.15, 0.2) is 0 Å². The van der Waals surface area contributed by atoms with Crippen molar-refractivity contribution in [3.63, 3.8) is 0 Å². The van der Waals surface area contributed by atoms with Crippen LogP contribution in [0.1, 0.15) is 24.8 Å². The highest BCUT2D eigenvalue weighted by Crippen LogP contribution is 2.44. The molecule has 0 heterocycles. The summed E-state index contributed by atoms with van der Waals surface area (Å²) in [5, 5.41) is 0. The van der Waals surface area contributed by atoms with Gasteiger partial charge in [0.25, 0.3) is 0 Å². The number of benzene rings is 1. The Kier molecular flexibility index (Phi) is 2.39. The van der Waals surface area contributed by atoms with E-state index in [2.05, 4.69) is 0 Å². The van der Waals surface area contributed by atoms with Crippen molar-refractivity contribution in [2.75, 3.05) is 12.8 Å². The lowest BCUT2D eigenvalue weighted by Gasteiger charge is -2.39. The molecule has 1 aliphatic carbocycles. The molecule has 3 heteroatoms. The Hall–Kier alpha value is -1.51. The van der Waals surface area contributed by atoms with Crippen molar-refractivity contribution in [2.24, 2.45) is 0 Å². The molecule has 0 unspecified atom stereocenters. The summed E-state index contributed by atoms with van der Waals surface area (Å²) in [7, 11) is 1.44. The SMILES string of the molecule is COC(=O)C1(c2cccc(N)c2)CCC1. The van der Waals surface area contributed by atoms with Crippen molar-refractivity contribution in [1.82, 2.24) is 0 Å². The second-order valence-electron chi connectivity index (χ2n) is 4.05. The average molecular weight is 205 g/mol. The van der Waals surface area contributed by atoms with Gasteiger partial charge < -0.3 is 10.5 Å². The molecule has 15 heavy (non-hydrogen) atoms. The second-order valence-corrected chi connectivity index (χ2v) is 4.05. The molecule has 1 saturated carbocycles. The molecule has 2 N–H and O–H groups in total. The number of carbonyl (C=O) groups is 1. The zero-order valence-corrected chi connectivity index (χ0v) is 8.82. The van der Waals surface area contributed by atoms with E-state index in [0.717, 1.165) is 24.8 Å². The van der Waals surface area contributed by atoms with E-state index in [9.17, 15) is 4.79 Å². The van der Waals surface area contributed by atoms with Crippen molar-refractivity contribution in [2.45, 2.75) is 24.7 Å². The minimum atomic E-state index is -0.426. The predicted molar refractivity (Wildman–Crippen MR) is 58.4 cm³/mol. The molecule has 0 amide bonds. The van der Waals surface area contributed by atoms with Crippen LogP contribution < -0.4 is 5.73 Å². The summed E-state index contributed by atoms with van der Waals surface area (Å²) in [6, 6.07) is 7.53. The minimum Gasteiger partial charge on any atom is -0.468 e. The molecule has 3 nitrogen and oxygen atoms in total. The van der Waals surface area contributed by atoms with Crippen molar-refractivity contribution in [3.8, 4) is 0 Å². The Labute approximate surface area is 89.2 Å². The third-order valence-electron chi connectivity index (χ3n) is 3.22. The lowest BCUT2D eigenvalue weighted by atomic mass is 9.64. The minimum absolute atomic E-state index is 0.139. The molecule has 1 aromatic carbocycles. The molecule has 1 fully saturated rings. The van der Waals surface area contributed by atoms with Crippen molar-refractivity contribution < 1.29 is 9.53 Å². The number of carbonyl (C=O) groups excluding carboxylic acids is 1. The van der Waals surface area contributed by atoms with Crippen LogP contribution in [-0.2, 0) is 14.9 Å². The third-order valence-corrected chi connectivity index (χ3v) is 3.22. The van der Waals surface area contributed by atoms with E-state index in [1.807, 2.05) is 24.3 Å². The van der Waals surface area contributed by atoms with Gasteiger partial charge in [-0.25, -0.2) is 0 Å². The predicted octanol–water partition coefficient (Wildman–Crippen LogP) is 1.86. The molecule has 80 valence electrons. The number of anilines is 1. The maximum absolute atomic E-state index is 11.8. The highest BCUT2D eigenvalue weighted by atomic mass is 16.5. The lowest BCUT2D eigenvalue weighted by molar-refractivity contribution is -0.151. The Bertz CT molecular complexity index is 383. The Morgan fingerprint density at radius 3 is 2.67 bits per heavy atom. The summed E-state index contributed by atoms with van der Waals surface area (Å²) in [4.78, 5) is 11.8. The summed E-state index contributed by atoms with van der Waals surface area (Å²) in [6.07, 6.45) is 2.80. The topological polar surface area (TPSA) is 52.3 Å². The average Bonchev–Trinajstić information content (AvgIpc) is 2.16. The van der Waals surface area contributed by atoms with Gasteiger partial charge >= 0.3 is 5.97 Å². The van der Waals surface area contributed by atoms with Crippen LogP contribution in [-0.4, -0.2) is 13.1 Å². The fourth-order valence-electron chi connectivity index (χ4n) is 2.17. The Balaban J connectivity index is 2.38. The van der Waals surface area contributed by atoms with Crippen LogP contribution in [0.5, 0.6) is 0 Å². The smallest absolute Gasteiger partial charge is 0.316 e. The molecule has 0 aliphatic heterocycles. The normalized spacial score (nSPS) is 17.9. The van der Waals surface area contributed by atoms with Crippen molar-refractivity contribution >= 4 is 11.7 Å². The number of nitrogen functional groups attached to an aromatic ring is 1. The van der Waals surface area contributed by atoms with Crippen LogP contribution in [0.2, 0.25) is 0 Å². The highest BCUT2D eigenvalue weighted by molar-refractivity contribution is 5.84. The van der Waals surface area contributed by atoms with Crippen molar-refractivity contribution in [3.05, 3.63) is 29.8 Å². The van der Waals surface area contributed by atoms with Gasteiger partial charge in [-0.1, -0.05) is 18.6 Å². The summed E-state index contributed by atoms with van der Waals surface area (Å²) in [5.41, 5.74) is 6.98. The van der Waals surface area contributed by atoms with Crippen LogP contribution in [0.25, 0.3) is 0 Å². The summed E-state index contributed by atoms with van der Waals surface area (Å²) < 4.78 is 4.87. The van der Waals surface area contributed by atoms with Gasteiger partial charge in [0, 0.05) is 5.69 Å². The number of hydrogen-bond donors (Lipinski definition) is 1. The molecule has 0 saturated heterocycles. The van der Waals surface area contributed by atoms with Gasteiger partial charge in [0.2, 0.25) is 0 Å². The summed E-state index contributed by atoms with van der Waals surface area (Å²) >= 11 is 0. The summed E-state index contributed by atoms with van der Waals surface area (Å²) in [5.74, 6) is -0.139. The number of hydrogen-bond acceptors (Lipinski definition) is 3. The zero-order valence-electron chi connectivity index (χ0n) is 8.82. The zero-order chi connectivity index (χ0) is 10.9.